The molecule has 2 aliphatic heterocycles. The number of nitrogens with zero attached hydrogens (tertiary/aromatic N) is 2. The van der Waals surface area contributed by atoms with Gasteiger partial charge in [-0.15, -0.1) is 0 Å². The second-order valence-corrected chi connectivity index (χ2v) is 10.9. The number of pyridine rings is 1. The van der Waals surface area contributed by atoms with Gasteiger partial charge in [0.1, 0.15) is 5.60 Å². The molecule has 1 atom stereocenters. The average molecular weight is 411 g/mol. The van der Waals surface area contributed by atoms with Crippen LogP contribution in [0.4, 0.5) is 0 Å². The number of hydrogen-bond acceptors (Lipinski definition) is 4. The molecule has 5 nitrogen and oxygen atoms in total. The van der Waals surface area contributed by atoms with Crippen molar-refractivity contribution < 1.29 is 14.3 Å². The Labute approximate surface area is 179 Å². The molecule has 0 radical (unpaired) electrons. The molecule has 2 saturated heterocycles. The maximum atomic E-state index is 13.6. The quantitative estimate of drug-likeness (QED) is 0.669. The number of likely N-dealkylation sites (tertiary alicyclic amines) is 1. The third-order valence-electron chi connectivity index (χ3n) is 8.88. The van der Waals surface area contributed by atoms with Crippen molar-refractivity contribution in [3.8, 4) is 0 Å². The lowest BCUT2D eigenvalue weighted by Gasteiger charge is -2.59. The van der Waals surface area contributed by atoms with E-state index in [1.54, 1.807) is 0 Å². The van der Waals surface area contributed by atoms with Crippen molar-refractivity contribution in [2.75, 3.05) is 26.3 Å². The van der Waals surface area contributed by atoms with Crippen molar-refractivity contribution in [1.29, 1.82) is 0 Å². The van der Waals surface area contributed by atoms with Crippen molar-refractivity contribution >= 4 is 5.91 Å². The molecular weight excluding hydrogens is 376 g/mol. The molecule has 0 N–H and O–H groups in total. The molecule has 7 rings (SSSR count). The topological polar surface area (TPSA) is 51.7 Å². The van der Waals surface area contributed by atoms with Crippen LogP contribution in [0.3, 0.4) is 0 Å². The fraction of sp³-hybridized carbons (Fsp3) is 0.760. The van der Waals surface area contributed by atoms with E-state index in [0.29, 0.717) is 18.4 Å². The van der Waals surface area contributed by atoms with E-state index >= 15 is 0 Å². The van der Waals surface area contributed by atoms with Gasteiger partial charge in [0, 0.05) is 19.4 Å². The average Bonchev–Trinajstić information content (AvgIpc) is 3.13. The third kappa shape index (κ3) is 3.20. The number of hydrogen-bond donors (Lipinski definition) is 0. The Morgan fingerprint density at radius 1 is 1.13 bits per heavy atom. The van der Waals surface area contributed by atoms with E-state index < -0.39 is 0 Å². The first kappa shape index (κ1) is 19.2. The molecule has 1 aromatic rings. The van der Waals surface area contributed by atoms with Crippen LogP contribution < -0.4 is 0 Å². The summed E-state index contributed by atoms with van der Waals surface area (Å²) in [5, 5.41) is 0. The number of aromatic nitrogens is 1. The lowest BCUT2D eigenvalue weighted by atomic mass is 9.49. The lowest BCUT2D eigenvalue weighted by Crippen LogP contribution is -2.69. The van der Waals surface area contributed by atoms with Crippen LogP contribution in [0.2, 0.25) is 0 Å². The minimum atomic E-state index is -0.105. The molecule has 4 saturated carbocycles. The van der Waals surface area contributed by atoms with Gasteiger partial charge in [0.25, 0.3) is 0 Å². The van der Waals surface area contributed by atoms with E-state index in [9.17, 15) is 4.79 Å². The summed E-state index contributed by atoms with van der Waals surface area (Å²) in [6.07, 6.45) is 11.5. The second kappa shape index (κ2) is 7.30. The summed E-state index contributed by atoms with van der Waals surface area (Å²) < 4.78 is 12.1. The number of rotatable bonds is 6. The van der Waals surface area contributed by atoms with Crippen LogP contribution in [0.25, 0.3) is 0 Å². The van der Waals surface area contributed by atoms with Crippen LogP contribution in [0.1, 0.15) is 57.1 Å². The first-order valence-corrected chi connectivity index (χ1v) is 12.1. The number of amides is 1. The molecule has 1 unspecified atom stereocenters. The second-order valence-electron chi connectivity index (χ2n) is 10.9. The molecule has 6 aliphatic rings. The maximum absolute atomic E-state index is 13.6. The van der Waals surface area contributed by atoms with E-state index in [2.05, 4.69) is 9.88 Å². The largest absolute Gasteiger partial charge is 0.375 e. The highest BCUT2D eigenvalue weighted by atomic mass is 16.5. The molecule has 6 fully saturated rings. The maximum Gasteiger partial charge on any atom is 0.229 e. The predicted octanol–water partition coefficient (Wildman–Crippen LogP) is 3.82. The molecule has 3 heterocycles. The number of carbonyl (C=O) groups excluding carboxylic acids is 1. The predicted molar refractivity (Wildman–Crippen MR) is 112 cm³/mol. The van der Waals surface area contributed by atoms with E-state index in [1.165, 1.54) is 19.3 Å². The first-order chi connectivity index (χ1) is 14.6. The molecule has 5 heteroatoms. The van der Waals surface area contributed by atoms with Gasteiger partial charge in [-0.05, 0) is 87.2 Å². The minimum Gasteiger partial charge on any atom is -0.375 e. The molecule has 4 aliphatic carbocycles. The zero-order valence-corrected chi connectivity index (χ0v) is 17.9. The van der Waals surface area contributed by atoms with Crippen molar-refractivity contribution in [1.82, 2.24) is 9.88 Å². The summed E-state index contributed by atoms with van der Waals surface area (Å²) in [5.74, 6) is 3.43. The van der Waals surface area contributed by atoms with E-state index in [4.69, 9.17) is 9.47 Å². The monoisotopic (exact) mass is 410 g/mol. The van der Waals surface area contributed by atoms with Crippen LogP contribution in [0.5, 0.6) is 0 Å². The molecule has 1 aromatic heterocycles. The Morgan fingerprint density at radius 2 is 1.87 bits per heavy atom. The summed E-state index contributed by atoms with van der Waals surface area (Å²) in [5.41, 5.74) is 0.855. The Bertz CT molecular complexity index is 754. The Balaban J connectivity index is 1.03. The van der Waals surface area contributed by atoms with Gasteiger partial charge in [0.2, 0.25) is 5.91 Å². The first-order valence-electron chi connectivity index (χ1n) is 12.1. The summed E-state index contributed by atoms with van der Waals surface area (Å²) >= 11 is 0. The molecular formula is C25H34N2O3. The van der Waals surface area contributed by atoms with Crippen molar-refractivity contribution in [3.05, 3.63) is 30.1 Å². The summed E-state index contributed by atoms with van der Waals surface area (Å²) in [6.45, 7) is 3.73. The molecule has 1 amide bonds. The number of carbonyl (C=O) groups is 1. The van der Waals surface area contributed by atoms with Gasteiger partial charge in [0.05, 0.1) is 30.8 Å². The van der Waals surface area contributed by atoms with Gasteiger partial charge in [-0.25, -0.2) is 0 Å². The van der Waals surface area contributed by atoms with Gasteiger partial charge in [-0.2, -0.15) is 0 Å². The van der Waals surface area contributed by atoms with Gasteiger partial charge < -0.3 is 14.4 Å². The zero-order chi connectivity index (χ0) is 20.2. The summed E-state index contributed by atoms with van der Waals surface area (Å²) in [6, 6.07) is 5.92. The highest BCUT2D eigenvalue weighted by Gasteiger charge is 2.60. The van der Waals surface area contributed by atoms with E-state index in [0.717, 1.165) is 81.9 Å². The summed E-state index contributed by atoms with van der Waals surface area (Å²) in [4.78, 5) is 20.1. The minimum absolute atomic E-state index is 0.0176. The van der Waals surface area contributed by atoms with Crippen molar-refractivity contribution in [3.63, 3.8) is 0 Å². The van der Waals surface area contributed by atoms with Crippen molar-refractivity contribution in [2.24, 2.45) is 29.1 Å². The molecule has 30 heavy (non-hydrogen) atoms. The van der Waals surface area contributed by atoms with Crippen LogP contribution in [0, 0.1) is 29.1 Å². The smallest absolute Gasteiger partial charge is 0.229 e. The molecule has 1 spiro atoms. The van der Waals surface area contributed by atoms with E-state index in [1.807, 2.05) is 24.4 Å². The fourth-order valence-corrected chi connectivity index (χ4v) is 7.88. The van der Waals surface area contributed by atoms with Crippen LogP contribution in [0.15, 0.2) is 24.4 Å². The molecule has 4 bridgehead atoms. The third-order valence-corrected chi connectivity index (χ3v) is 8.88. The molecule has 162 valence electrons. The highest BCUT2D eigenvalue weighted by molar-refractivity contribution is 5.84. The Hall–Kier alpha value is -1.46. The Morgan fingerprint density at radius 3 is 2.53 bits per heavy atom. The molecule has 0 aromatic carbocycles. The zero-order valence-electron chi connectivity index (χ0n) is 17.9. The van der Waals surface area contributed by atoms with Crippen LogP contribution in [-0.4, -0.2) is 47.7 Å². The summed E-state index contributed by atoms with van der Waals surface area (Å²) in [7, 11) is 0. The van der Waals surface area contributed by atoms with Crippen LogP contribution in [-0.2, 0) is 20.9 Å². The number of ether oxygens (including phenoxy) is 2. The standard InChI is InChI=1S/C25H34N2O3/c28-23(24-12-18-9-19(13-24)11-20(10-18)14-24)27-16-25(17-27)21(5-8-30-25)4-7-29-15-22-3-1-2-6-26-22/h1-3,6,18-21H,4-5,7-17H2. The van der Waals surface area contributed by atoms with Gasteiger partial charge in [-0.1, -0.05) is 6.07 Å². The van der Waals surface area contributed by atoms with Gasteiger partial charge in [-0.3, -0.25) is 9.78 Å². The lowest BCUT2D eigenvalue weighted by molar-refractivity contribution is -0.186. The van der Waals surface area contributed by atoms with E-state index in [-0.39, 0.29) is 11.0 Å². The van der Waals surface area contributed by atoms with Crippen LogP contribution >= 0.6 is 0 Å². The van der Waals surface area contributed by atoms with Gasteiger partial charge in [0.15, 0.2) is 0 Å². The highest BCUT2D eigenvalue weighted by Crippen LogP contribution is 2.61. The normalized spacial score (nSPS) is 38.2. The Kier molecular flexibility index (Phi) is 4.68. The SMILES string of the molecule is O=C(N1CC2(C1)OCCC2CCOCc1ccccn1)C12CC3CC(CC(C3)C1)C2. The van der Waals surface area contributed by atoms with Crippen molar-refractivity contribution in [2.45, 2.75) is 63.6 Å². The van der Waals surface area contributed by atoms with Gasteiger partial charge >= 0.3 is 0 Å². The fourth-order valence-electron chi connectivity index (χ4n) is 7.88.